The highest BCUT2D eigenvalue weighted by Crippen LogP contribution is 2.24. The molecule has 2 unspecified atom stereocenters. The third-order valence-electron chi connectivity index (χ3n) is 3.90. The van der Waals surface area contributed by atoms with Gasteiger partial charge in [0.05, 0.1) is 5.69 Å². The van der Waals surface area contributed by atoms with Gasteiger partial charge < -0.3 is 5.32 Å². The third-order valence-corrected chi connectivity index (χ3v) is 4.37. The van der Waals surface area contributed by atoms with Crippen LogP contribution in [0.25, 0.3) is 0 Å². The number of pyridine rings is 1. The van der Waals surface area contributed by atoms with Gasteiger partial charge in [-0.25, -0.2) is 0 Å². The van der Waals surface area contributed by atoms with Crippen LogP contribution in [0.15, 0.2) is 22.8 Å². The number of rotatable bonds is 2. The van der Waals surface area contributed by atoms with Gasteiger partial charge in [-0.05, 0) is 40.4 Å². The van der Waals surface area contributed by atoms with Crippen LogP contribution in [0.5, 0.6) is 0 Å². The Bertz CT molecular complexity index is 410. The molecule has 2 rings (SSSR count). The van der Waals surface area contributed by atoms with Crippen molar-refractivity contribution in [1.82, 2.24) is 15.2 Å². The molecule has 1 aromatic heterocycles. The van der Waals surface area contributed by atoms with E-state index in [1.807, 2.05) is 6.20 Å². The molecule has 2 atom stereocenters. The summed E-state index contributed by atoms with van der Waals surface area (Å²) in [4.78, 5) is 7.02. The zero-order chi connectivity index (χ0) is 14.0. The smallest absolute Gasteiger partial charge is 0.0544 e. The lowest BCUT2D eigenvalue weighted by atomic mass is 9.85. The maximum Gasteiger partial charge on any atom is 0.0544 e. The SMILES string of the molecule is CC1CNC(C(C)(C)C)CN1Cc1ccc(Br)cn1. The predicted octanol–water partition coefficient (Wildman–Crippen LogP) is 3.05. The molecule has 0 aliphatic carbocycles. The summed E-state index contributed by atoms with van der Waals surface area (Å²) in [5.74, 6) is 0. The minimum atomic E-state index is 0.297. The van der Waals surface area contributed by atoms with Crippen molar-refractivity contribution >= 4 is 15.9 Å². The summed E-state index contributed by atoms with van der Waals surface area (Å²) < 4.78 is 1.04. The minimum absolute atomic E-state index is 0.297. The van der Waals surface area contributed by atoms with Gasteiger partial charge in [0, 0.05) is 42.4 Å². The molecule has 0 amide bonds. The molecule has 0 radical (unpaired) electrons. The summed E-state index contributed by atoms with van der Waals surface area (Å²) in [6.07, 6.45) is 1.88. The van der Waals surface area contributed by atoms with E-state index in [4.69, 9.17) is 0 Å². The van der Waals surface area contributed by atoms with E-state index in [-0.39, 0.29) is 0 Å². The molecule has 1 aromatic rings. The van der Waals surface area contributed by atoms with Crippen LogP contribution in [-0.4, -0.2) is 35.1 Å². The van der Waals surface area contributed by atoms with Crippen molar-refractivity contribution < 1.29 is 0 Å². The van der Waals surface area contributed by atoms with Crippen LogP contribution in [0.2, 0.25) is 0 Å². The van der Waals surface area contributed by atoms with E-state index in [0.717, 1.165) is 29.8 Å². The van der Waals surface area contributed by atoms with Crippen LogP contribution in [-0.2, 0) is 6.54 Å². The quantitative estimate of drug-likeness (QED) is 0.905. The van der Waals surface area contributed by atoms with E-state index in [9.17, 15) is 0 Å². The molecule has 1 N–H and O–H groups in total. The van der Waals surface area contributed by atoms with Gasteiger partial charge in [0.1, 0.15) is 0 Å². The zero-order valence-corrected chi connectivity index (χ0v) is 13.9. The molecular weight excluding hydrogens is 302 g/mol. The molecular formula is C15H24BrN3. The number of aromatic nitrogens is 1. The van der Waals surface area contributed by atoms with Crippen molar-refractivity contribution in [3.63, 3.8) is 0 Å². The van der Waals surface area contributed by atoms with Gasteiger partial charge in [-0.15, -0.1) is 0 Å². The van der Waals surface area contributed by atoms with Crippen molar-refractivity contribution in [3.05, 3.63) is 28.5 Å². The standard InChI is InChI=1S/C15H24BrN3/c1-11-7-18-14(15(2,3)4)10-19(11)9-13-6-5-12(16)8-17-13/h5-6,8,11,14,18H,7,9-10H2,1-4H3. The highest BCUT2D eigenvalue weighted by Gasteiger charge is 2.32. The fourth-order valence-electron chi connectivity index (χ4n) is 2.43. The maximum absolute atomic E-state index is 4.49. The maximum atomic E-state index is 4.49. The molecule has 19 heavy (non-hydrogen) atoms. The van der Waals surface area contributed by atoms with Crippen molar-refractivity contribution in [2.75, 3.05) is 13.1 Å². The Labute approximate surface area is 124 Å². The molecule has 3 nitrogen and oxygen atoms in total. The molecule has 1 fully saturated rings. The first-order valence-corrected chi connectivity index (χ1v) is 7.73. The lowest BCUT2D eigenvalue weighted by Crippen LogP contribution is -2.59. The van der Waals surface area contributed by atoms with E-state index < -0.39 is 0 Å². The van der Waals surface area contributed by atoms with Crippen LogP contribution in [0.3, 0.4) is 0 Å². The Balaban J connectivity index is 2.03. The second kappa shape index (κ2) is 5.90. The largest absolute Gasteiger partial charge is 0.311 e. The van der Waals surface area contributed by atoms with Gasteiger partial charge in [0.2, 0.25) is 0 Å². The van der Waals surface area contributed by atoms with Crippen molar-refractivity contribution in [1.29, 1.82) is 0 Å². The summed E-state index contributed by atoms with van der Waals surface area (Å²) in [6.45, 7) is 12.3. The number of hydrogen-bond acceptors (Lipinski definition) is 3. The second-order valence-electron chi connectivity index (χ2n) is 6.57. The molecule has 106 valence electrons. The number of nitrogens with zero attached hydrogens (tertiary/aromatic N) is 2. The van der Waals surface area contributed by atoms with Gasteiger partial charge in [-0.1, -0.05) is 20.8 Å². The van der Waals surface area contributed by atoms with E-state index in [1.165, 1.54) is 0 Å². The molecule has 1 aliphatic rings. The van der Waals surface area contributed by atoms with E-state index in [0.29, 0.717) is 17.5 Å². The zero-order valence-electron chi connectivity index (χ0n) is 12.3. The lowest BCUT2D eigenvalue weighted by molar-refractivity contribution is 0.0867. The fraction of sp³-hybridized carbons (Fsp3) is 0.667. The summed E-state index contributed by atoms with van der Waals surface area (Å²) in [5.41, 5.74) is 1.44. The average Bonchev–Trinajstić information content (AvgIpc) is 2.33. The summed E-state index contributed by atoms with van der Waals surface area (Å²) >= 11 is 3.43. The number of hydrogen-bond donors (Lipinski definition) is 1. The second-order valence-corrected chi connectivity index (χ2v) is 7.49. The van der Waals surface area contributed by atoms with E-state index in [2.05, 4.69) is 71.0 Å². The fourth-order valence-corrected chi connectivity index (χ4v) is 2.66. The minimum Gasteiger partial charge on any atom is -0.311 e. The molecule has 0 bridgehead atoms. The topological polar surface area (TPSA) is 28.2 Å². The van der Waals surface area contributed by atoms with Crippen molar-refractivity contribution in [3.8, 4) is 0 Å². The Morgan fingerprint density at radius 2 is 2.16 bits per heavy atom. The predicted molar refractivity (Wildman–Crippen MR) is 83.1 cm³/mol. The monoisotopic (exact) mass is 325 g/mol. The molecule has 4 heteroatoms. The lowest BCUT2D eigenvalue weighted by Gasteiger charge is -2.43. The van der Waals surface area contributed by atoms with Gasteiger partial charge in [0.25, 0.3) is 0 Å². The number of halogens is 1. The van der Waals surface area contributed by atoms with Crippen LogP contribution in [0.4, 0.5) is 0 Å². The number of piperazine rings is 1. The van der Waals surface area contributed by atoms with Gasteiger partial charge in [0.15, 0.2) is 0 Å². The Morgan fingerprint density at radius 1 is 1.42 bits per heavy atom. The Morgan fingerprint density at radius 3 is 2.74 bits per heavy atom. The first-order chi connectivity index (χ1) is 8.86. The van der Waals surface area contributed by atoms with Crippen LogP contribution in [0, 0.1) is 5.41 Å². The summed E-state index contributed by atoms with van der Waals surface area (Å²) in [6, 6.07) is 5.27. The summed E-state index contributed by atoms with van der Waals surface area (Å²) in [7, 11) is 0. The molecule has 1 aliphatic heterocycles. The van der Waals surface area contributed by atoms with Gasteiger partial charge in [-0.2, -0.15) is 0 Å². The van der Waals surface area contributed by atoms with Crippen LogP contribution < -0.4 is 5.32 Å². The van der Waals surface area contributed by atoms with E-state index >= 15 is 0 Å². The van der Waals surface area contributed by atoms with Crippen LogP contribution >= 0.6 is 15.9 Å². The third kappa shape index (κ3) is 4.01. The molecule has 0 saturated carbocycles. The molecule has 0 aromatic carbocycles. The Hall–Kier alpha value is -0.450. The van der Waals surface area contributed by atoms with E-state index in [1.54, 1.807) is 0 Å². The average molecular weight is 326 g/mol. The van der Waals surface area contributed by atoms with Crippen molar-refractivity contribution in [2.24, 2.45) is 5.41 Å². The molecule has 2 heterocycles. The first-order valence-electron chi connectivity index (χ1n) is 6.94. The highest BCUT2D eigenvalue weighted by molar-refractivity contribution is 9.10. The first kappa shape index (κ1) is 14.9. The highest BCUT2D eigenvalue weighted by atomic mass is 79.9. The molecule has 1 saturated heterocycles. The summed E-state index contributed by atoms with van der Waals surface area (Å²) in [5, 5.41) is 3.66. The molecule has 0 spiro atoms. The van der Waals surface area contributed by atoms with Gasteiger partial charge >= 0.3 is 0 Å². The number of nitrogens with one attached hydrogen (secondary N) is 1. The Kier molecular flexibility index (Phi) is 4.64. The van der Waals surface area contributed by atoms with Crippen molar-refractivity contribution in [2.45, 2.75) is 46.3 Å². The van der Waals surface area contributed by atoms with Crippen LogP contribution in [0.1, 0.15) is 33.4 Å². The van der Waals surface area contributed by atoms with Gasteiger partial charge in [-0.3, -0.25) is 9.88 Å². The normalized spacial score (nSPS) is 25.5.